The quantitative estimate of drug-likeness (QED) is 0.169. The summed E-state index contributed by atoms with van der Waals surface area (Å²) < 4.78 is 50.4. The Labute approximate surface area is 246 Å². The number of hydrogen-bond donors (Lipinski definition) is 1. The van der Waals surface area contributed by atoms with Gasteiger partial charge in [-0.25, -0.2) is 9.97 Å². The first kappa shape index (κ1) is 29.9. The van der Waals surface area contributed by atoms with Gasteiger partial charge in [0.05, 0.1) is 27.7 Å². The number of benzene rings is 3. The van der Waals surface area contributed by atoms with Crippen molar-refractivity contribution in [1.82, 2.24) is 14.5 Å². The van der Waals surface area contributed by atoms with Gasteiger partial charge >= 0.3 is 12.3 Å². The largest absolute Gasteiger partial charge is 0.573 e. The molecule has 0 saturated carbocycles. The van der Waals surface area contributed by atoms with E-state index in [-0.39, 0.29) is 25.3 Å². The van der Waals surface area contributed by atoms with Crippen LogP contribution in [0.15, 0.2) is 72.8 Å². The van der Waals surface area contributed by atoms with E-state index in [9.17, 15) is 23.1 Å². The molecule has 0 amide bonds. The predicted molar refractivity (Wildman–Crippen MR) is 157 cm³/mol. The number of carboxylic acid groups (broad SMARTS) is 1. The molecule has 10 heteroatoms. The molecule has 0 radical (unpaired) electrons. The van der Waals surface area contributed by atoms with Crippen molar-refractivity contribution in [3.05, 3.63) is 95.4 Å². The van der Waals surface area contributed by atoms with Gasteiger partial charge in [-0.3, -0.25) is 4.79 Å². The summed E-state index contributed by atoms with van der Waals surface area (Å²) in [5, 5.41) is 10.9. The topological polar surface area (TPSA) is 86.5 Å². The summed E-state index contributed by atoms with van der Waals surface area (Å²) in [4.78, 5) is 21.4. The van der Waals surface area contributed by atoms with Crippen LogP contribution in [0.1, 0.15) is 49.8 Å². The molecule has 5 aromatic rings. The van der Waals surface area contributed by atoms with Gasteiger partial charge in [0, 0.05) is 24.4 Å². The molecule has 1 N–H and O–H groups in total. The second kappa shape index (κ2) is 11.9. The molecule has 0 spiro atoms. The van der Waals surface area contributed by atoms with Gasteiger partial charge in [-0.2, -0.15) is 0 Å². The number of ether oxygens (including phenoxy) is 2. The number of aryl methyl sites for hydroxylation is 1. The highest BCUT2D eigenvalue weighted by atomic mass is 19.4. The SMILES string of the molecule is CCCc1cccc2nc(COc3ccc4c(c3)nc(CC(C)(C)C(=O)O)n4Cc3cccc(OC(F)(F)F)c3)ccc12. The summed E-state index contributed by atoms with van der Waals surface area (Å²) >= 11 is 0. The summed E-state index contributed by atoms with van der Waals surface area (Å²) in [5.41, 5.74) is 3.64. The highest BCUT2D eigenvalue weighted by Crippen LogP contribution is 2.30. The average molecular weight is 592 g/mol. The molecule has 0 aliphatic rings. The monoisotopic (exact) mass is 591 g/mol. The maximum Gasteiger partial charge on any atom is 0.573 e. The van der Waals surface area contributed by atoms with Crippen molar-refractivity contribution in [3.63, 3.8) is 0 Å². The molecule has 2 aromatic heterocycles. The molecule has 5 rings (SSSR count). The summed E-state index contributed by atoms with van der Waals surface area (Å²) in [6.07, 6.45) is -2.67. The van der Waals surface area contributed by atoms with Crippen LogP contribution in [0.3, 0.4) is 0 Å². The summed E-state index contributed by atoms with van der Waals surface area (Å²) in [6.45, 7) is 5.76. The first-order chi connectivity index (χ1) is 20.4. The van der Waals surface area contributed by atoms with Crippen molar-refractivity contribution < 1.29 is 32.5 Å². The van der Waals surface area contributed by atoms with Crippen LogP contribution in [0, 0.1) is 5.41 Å². The number of aliphatic carboxylic acids is 1. The van der Waals surface area contributed by atoms with Gasteiger partial charge in [0.25, 0.3) is 0 Å². The van der Waals surface area contributed by atoms with E-state index in [0.717, 1.165) is 29.4 Å². The van der Waals surface area contributed by atoms with Crippen molar-refractivity contribution in [2.24, 2.45) is 5.41 Å². The van der Waals surface area contributed by atoms with E-state index in [0.29, 0.717) is 28.2 Å². The van der Waals surface area contributed by atoms with Gasteiger partial charge in [0.2, 0.25) is 0 Å². The third-order valence-electron chi connectivity index (χ3n) is 7.24. The molecular weight excluding hydrogens is 559 g/mol. The minimum Gasteiger partial charge on any atom is -0.487 e. The second-order valence-electron chi connectivity index (χ2n) is 11.2. The Morgan fingerprint density at radius 3 is 2.47 bits per heavy atom. The molecule has 0 atom stereocenters. The van der Waals surface area contributed by atoms with Gasteiger partial charge in [-0.15, -0.1) is 13.2 Å². The number of carbonyl (C=O) groups is 1. The third-order valence-corrected chi connectivity index (χ3v) is 7.24. The van der Waals surface area contributed by atoms with Crippen LogP contribution in [0.25, 0.3) is 21.9 Å². The van der Waals surface area contributed by atoms with E-state index in [1.54, 1.807) is 32.0 Å². The number of rotatable bonds is 11. The lowest BCUT2D eigenvalue weighted by atomic mass is 9.89. The zero-order valence-corrected chi connectivity index (χ0v) is 24.1. The Balaban J connectivity index is 1.43. The standard InChI is InChI=1S/C33H32F3N3O4/c1-4-7-22-9-6-11-27-26(22)14-12-23(37-27)20-42-24-13-15-29-28(17-24)38-30(18-32(2,3)31(40)41)39(29)19-21-8-5-10-25(16-21)43-33(34,35)36/h5-6,8-17H,4,7,18-20H2,1-3H3,(H,40,41). The number of pyridine rings is 1. The van der Waals surface area contributed by atoms with E-state index >= 15 is 0 Å². The summed E-state index contributed by atoms with van der Waals surface area (Å²) in [5.74, 6) is -0.272. The number of aromatic nitrogens is 3. The Morgan fingerprint density at radius 2 is 1.72 bits per heavy atom. The maximum absolute atomic E-state index is 12.8. The van der Waals surface area contributed by atoms with Crippen molar-refractivity contribution in [2.75, 3.05) is 0 Å². The number of imidazole rings is 1. The zero-order valence-electron chi connectivity index (χ0n) is 24.1. The fourth-order valence-corrected chi connectivity index (χ4v) is 5.04. The number of halogens is 3. The number of nitrogens with zero attached hydrogens (tertiary/aromatic N) is 3. The van der Waals surface area contributed by atoms with Gasteiger partial charge in [0.1, 0.15) is 23.9 Å². The molecule has 0 aliphatic carbocycles. The molecule has 0 fully saturated rings. The van der Waals surface area contributed by atoms with Crippen LogP contribution < -0.4 is 9.47 Å². The minimum atomic E-state index is -4.81. The number of hydrogen-bond acceptors (Lipinski definition) is 5. The Kier molecular flexibility index (Phi) is 8.30. The fourth-order valence-electron chi connectivity index (χ4n) is 5.04. The van der Waals surface area contributed by atoms with Crippen LogP contribution in [0.4, 0.5) is 13.2 Å². The molecule has 0 aliphatic heterocycles. The van der Waals surface area contributed by atoms with E-state index in [4.69, 9.17) is 14.7 Å². The molecule has 3 aromatic carbocycles. The van der Waals surface area contributed by atoms with Crippen molar-refractivity contribution in [2.45, 2.75) is 59.5 Å². The van der Waals surface area contributed by atoms with E-state index < -0.39 is 17.7 Å². The molecule has 7 nitrogen and oxygen atoms in total. The molecule has 0 unspecified atom stereocenters. The third kappa shape index (κ3) is 7.07. The Morgan fingerprint density at radius 1 is 0.930 bits per heavy atom. The molecular formula is C33H32F3N3O4. The molecule has 224 valence electrons. The Hall–Kier alpha value is -4.60. The highest BCUT2D eigenvalue weighted by molar-refractivity contribution is 5.82. The van der Waals surface area contributed by atoms with Crippen molar-refractivity contribution >= 4 is 27.9 Å². The highest BCUT2D eigenvalue weighted by Gasteiger charge is 2.32. The number of alkyl halides is 3. The van der Waals surface area contributed by atoms with Crippen molar-refractivity contribution in [3.8, 4) is 11.5 Å². The van der Waals surface area contributed by atoms with E-state index in [1.165, 1.54) is 23.8 Å². The first-order valence-corrected chi connectivity index (χ1v) is 14.0. The van der Waals surface area contributed by atoms with Crippen LogP contribution in [0.5, 0.6) is 11.5 Å². The maximum atomic E-state index is 12.8. The van der Waals surface area contributed by atoms with E-state index in [1.807, 2.05) is 28.8 Å². The molecule has 0 saturated heterocycles. The molecule has 0 bridgehead atoms. The zero-order chi connectivity index (χ0) is 30.8. The number of carboxylic acids is 1. The van der Waals surface area contributed by atoms with E-state index in [2.05, 4.69) is 23.8 Å². The lowest BCUT2D eigenvalue weighted by Crippen LogP contribution is -2.28. The first-order valence-electron chi connectivity index (χ1n) is 14.0. The lowest BCUT2D eigenvalue weighted by molar-refractivity contribution is -0.274. The fraction of sp³-hybridized carbons (Fsp3) is 0.303. The van der Waals surface area contributed by atoms with Crippen LogP contribution in [-0.4, -0.2) is 32.0 Å². The van der Waals surface area contributed by atoms with Crippen LogP contribution >= 0.6 is 0 Å². The summed E-state index contributed by atoms with van der Waals surface area (Å²) in [6, 6.07) is 21.2. The van der Waals surface area contributed by atoms with Crippen molar-refractivity contribution in [1.29, 1.82) is 0 Å². The molecule has 43 heavy (non-hydrogen) atoms. The average Bonchev–Trinajstić information content (AvgIpc) is 3.26. The second-order valence-corrected chi connectivity index (χ2v) is 11.2. The van der Waals surface area contributed by atoms with Crippen LogP contribution in [0.2, 0.25) is 0 Å². The summed E-state index contributed by atoms with van der Waals surface area (Å²) in [7, 11) is 0. The van der Waals surface area contributed by atoms with Gasteiger partial charge in [0.15, 0.2) is 0 Å². The van der Waals surface area contributed by atoms with Gasteiger partial charge < -0.3 is 19.1 Å². The van der Waals surface area contributed by atoms with Crippen LogP contribution in [-0.2, 0) is 30.8 Å². The number of fused-ring (bicyclic) bond motifs is 2. The normalized spacial score (nSPS) is 12.1. The van der Waals surface area contributed by atoms with Gasteiger partial charge in [-0.05, 0) is 67.8 Å². The smallest absolute Gasteiger partial charge is 0.487 e. The lowest BCUT2D eigenvalue weighted by Gasteiger charge is -2.19. The Bertz CT molecular complexity index is 1780. The predicted octanol–water partition coefficient (Wildman–Crippen LogP) is 7.72. The molecule has 2 heterocycles. The van der Waals surface area contributed by atoms with Gasteiger partial charge in [-0.1, -0.05) is 43.7 Å². The minimum absolute atomic E-state index is 0.104.